The van der Waals surface area contributed by atoms with Crippen LogP contribution in [0.4, 0.5) is 0 Å². The molecule has 2 aromatic rings. The number of benzene rings is 1. The molecule has 1 saturated heterocycles. The van der Waals surface area contributed by atoms with Crippen LogP contribution in [0.5, 0.6) is 0 Å². The van der Waals surface area contributed by atoms with Gasteiger partial charge in [0.25, 0.3) is 0 Å². The van der Waals surface area contributed by atoms with Crippen molar-refractivity contribution in [3.63, 3.8) is 0 Å². The Kier molecular flexibility index (Phi) is 2.95. The van der Waals surface area contributed by atoms with Crippen LogP contribution < -0.4 is 5.32 Å². The van der Waals surface area contributed by atoms with Crippen LogP contribution >= 0.6 is 0 Å². The molecule has 4 heteroatoms. The molecule has 3 atom stereocenters. The van der Waals surface area contributed by atoms with Crippen LogP contribution in [0, 0.1) is 12.8 Å². The van der Waals surface area contributed by atoms with Crippen LogP contribution in [0.2, 0.25) is 0 Å². The Morgan fingerprint density at radius 1 is 1.32 bits per heavy atom. The molecule has 1 fully saturated rings. The molecule has 2 unspecified atom stereocenters. The van der Waals surface area contributed by atoms with Gasteiger partial charge < -0.3 is 9.88 Å². The molecule has 2 bridgehead atoms. The number of fused-ring (bicyclic) bond motifs is 4. The van der Waals surface area contributed by atoms with Gasteiger partial charge in [-0.15, -0.1) is 10.2 Å². The third-order valence-electron chi connectivity index (χ3n) is 6.18. The number of hydrogen-bond donors (Lipinski definition) is 1. The molecule has 22 heavy (non-hydrogen) atoms. The number of aromatic nitrogens is 3. The van der Waals surface area contributed by atoms with Gasteiger partial charge in [-0.1, -0.05) is 26.0 Å². The second kappa shape index (κ2) is 4.66. The van der Waals surface area contributed by atoms with Crippen molar-refractivity contribution < 1.29 is 0 Å². The van der Waals surface area contributed by atoms with Gasteiger partial charge in [0.2, 0.25) is 0 Å². The van der Waals surface area contributed by atoms with Crippen molar-refractivity contribution in [2.45, 2.75) is 45.1 Å². The predicted octanol–water partition coefficient (Wildman–Crippen LogP) is 2.60. The van der Waals surface area contributed by atoms with Crippen molar-refractivity contribution in [2.75, 3.05) is 6.54 Å². The molecule has 1 aliphatic heterocycles. The minimum Gasteiger partial charge on any atom is -0.314 e. The smallest absolute Gasteiger partial charge is 0.163 e. The summed E-state index contributed by atoms with van der Waals surface area (Å²) in [5.74, 6) is 2.59. The predicted molar refractivity (Wildman–Crippen MR) is 87.8 cm³/mol. The van der Waals surface area contributed by atoms with Gasteiger partial charge in [0.05, 0.1) is 0 Å². The van der Waals surface area contributed by atoms with E-state index in [-0.39, 0.29) is 5.41 Å². The Balaban J connectivity index is 1.86. The highest BCUT2D eigenvalue weighted by atomic mass is 15.3. The van der Waals surface area contributed by atoms with Crippen LogP contribution in [-0.4, -0.2) is 27.4 Å². The Labute approximate surface area is 132 Å². The lowest BCUT2D eigenvalue weighted by molar-refractivity contribution is 0.158. The van der Waals surface area contributed by atoms with Crippen molar-refractivity contribution >= 4 is 0 Å². The Morgan fingerprint density at radius 3 is 2.86 bits per heavy atom. The molecular formula is C18H24N4. The van der Waals surface area contributed by atoms with Gasteiger partial charge in [0, 0.05) is 18.7 Å². The van der Waals surface area contributed by atoms with E-state index in [1.165, 1.54) is 23.1 Å². The van der Waals surface area contributed by atoms with Crippen molar-refractivity contribution in [1.29, 1.82) is 0 Å². The minimum atomic E-state index is 0.271. The molecule has 4 rings (SSSR count). The molecule has 0 spiro atoms. The summed E-state index contributed by atoms with van der Waals surface area (Å²) in [6.07, 6.45) is 2.35. The quantitative estimate of drug-likeness (QED) is 0.879. The zero-order valence-electron chi connectivity index (χ0n) is 13.8. The topological polar surface area (TPSA) is 42.7 Å². The number of aryl methyl sites for hydroxylation is 1. The molecule has 4 nitrogen and oxygen atoms in total. The van der Waals surface area contributed by atoms with Gasteiger partial charge in [-0.05, 0) is 54.8 Å². The first-order chi connectivity index (χ1) is 10.5. The van der Waals surface area contributed by atoms with Gasteiger partial charge in [0.1, 0.15) is 5.82 Å². The van der Waals surface area contributed by atoms with E-state index in [9.17, 15) is 0 Å². The van der Waals surface area contributed by atoms with Crippen LogP contribution in [0.25, 0.3) is 11.4 Å². The van der Waals surface area contributed by atoms with E-state index in [0.717, 1.165) is 24.6 Å². The summed E-state index contributed by atoms with van der Waals surface area (Å²) < 4.78 is 2.07. The van der Waals surface area contributed by atoms with Gasteiger partial charge in [0.15, 0.2) is 5.82 Å². The van der Waals surface area contributed by atoms with E-state index < -0.39 is 0 Å². The lowest BCUT2D eigenvalue weighted by atomic mass is 9.59. The standard InChI is InChI=1S/C18H24N4/c1-11-16-10-13-5-6-14(17-21-20-12(2)22(17)4)9-15(13)18(11,3)7-8-19-16/h5-6,9,11,16,19H,7-8,10H2,1-4H3/t11?,16?,18-/m1/s1. The first kappa shape index (κ1) is 13.9. The van der Waals surface area contributed by atoms with E-state index in [4.69, 9.17) is 0 Å². The molecule has 1 aliphatic carbocycles. The van der Waals surface area contributed by atoms with E-state index in [1.54, 1.807) is 0 Å². The zero-order valence-corrected chi connectivity index (χ0v) is 13.8. The zero-order chi connectivity index (χ0) is 15.5. The van der Waals surface area contributed by atoms with Crippen molar-refractivity contribution in [1.82, 2.24) is 20.1 Å². The Hall–Kier alpha value is -1.68. The molecule has 0 radical (unpaired) electrons. The highest BCUT2D eigenvalue weighted by Gasteiger charge is 2.45. The minimum absolute atomic E-state index is 0.271. The van der Waals surface area contributed by atoms with Crippen molar-refractivity contribution in [2.24, 2.45) is 13.0 Å². The average Bonchev–Trinajstić information content (AvgIpc) is 2.82. The molecule has 1 aromatic heterocycles. The normalized spacial score (nSPS) is 30.2. The largest absolute Gasteiger partial charge is 0.314 e. The summed E-state index contributed by atoms with van der Waals surface area (Å²) in [6.45, 7) is 7.96. The van der Waals surface area contributed by atoms with Gasteiger partial charge in [-0.25, -0.2) is 0 Å². The molecule has 1 aromatic carbocycles. The third-order valence-corrected chi connectivity index (χ3v) is 6.18. The summed E-state index contributed by atoms with van der Waals surface area (Å²) in [5.41, 5.74) is 4.48. The van der Waals surface area contributed by atoms with Crippen LogP contribution in [0.15, 0.2) is 18.2 Å². The molecule has 0 amide bonds. The van der Waals surface area contributed by atoms with Crippen molar-refractivity contribution in [3.05, 3.63) is 35.2 Å². The van der Waals surface area contributed by atoms with Crippen LogP contribution in [0.3, 0.4) is 0 Å². The molecule has 1 N–H and O–H groups in total. The second-order valence-corrected chi connectivity index (χ2v) is 7.22. The van der Waals surface area contributed by atoms with Gasteiger partial charge >= 0.3 is 0 Å². The molecule has 0 saturated carbocycles. The van der Waals surface area contributed by atoms with E-state index in [0.29, 0.717) is 12.0 Å². The van der Waals surface area contributed by atoms with E-state index in [2.05, 4.69) is 52.1 Å². The highest BCUT2D eigenvalue weighted by Crippen LogP contribution is 2.46. The van der Waals surface area contributed by atoms with Crippen LogP contribution in [-0.2, 0) is 18.9 Å². The summed E-state index contributed by atoms with van der Waals surface area (Å²) in [6, 6.07) is 7.50. The van der Waals surface area contributed by atoms with E-state index in [1.807, 2.05) is 14.0 Å². The summed E-state index contributed by atoms with van der Waals surface area (Å²) in [7, 11) is 2.04. The number of piperidine rings is 1. The third kappa shape index (κ3) is 1.80. The monoisotopic (exact) mass is 296 g/mol. The number of hydrogen-bond acceptors (Lipinski definition) is 3. The summed E-state index contributed by atoms with van der Waals surface area (Å²) in [4.78, 5) is 0. The maximum absolute atomic E-state index is 4.36. The fraction of sp³-hybridized carbons (Fsp3) is 0.556. The van der Waals surface area contributed by atoms with E-state index >= 15 is 0 Å². The maximum atomic E-state index is 4.36. The van der Waals surface area contributed by atoms with Crippen molar-refractivity contribution in [3.8, 4) is 11.4 Å². The van der Waals surface area contributed by atoms with Gasteiger partial charge in [-0.2, -0.15) is 0 Å². The SMILES string of the molecule is Cc1nnc(-c2ccc3c(c2)[C@]2(C)CCNC(C3)C2C)n1C. The average molecular weight is 296 g/mol. The number of nitrogens with zero attached hydrogens (tertiary/aromatic N) is 3. The van der Waals surface area contributed by atoms with Gasteiger partial charge in [-0.3, -0.25) is 0 Å². The fourth-order valence-electron chi connectivity index (χ4n) is 4.32. The lowest BCUT2D eigenvalue weighted by Crippen LogP contribution is -2.56. The number of nitrogens with one attached hydrogen (secondary N) is 1. The maximum Gasteiger partial charge on any atom is 0.163 e. The first-order valence-electron chi connectivity index (χ1n) is 8.24. The Bertz CT molecular complexity index is 733. The number of rotatable bonds is 1. The summed E-state index contributed by atoms with van der Waals surface area (Å²) >= 11 is 0. The summed E-state index contributed by atoms with van der Waals surface area (Å²) in [5, 5.41) is 12.3. The molecular weight excluding hydrogens is 272 g/mol. The Morgan fingerprint density at radius 2 is 2.14 bits per heavy atom. The fourth-order valence-corrected chi connectivity index (χ4v) is 4.32. The lowest BCUT2D eigenvalue weighted by Gasteiger charge is -2.50. The highest BCUT2D eigenvalue weighted by molar-refractivity contribution is 5.60. The second-order valence-electron chi connectivity index (χ2n) is 7.22. The van der Waals surface area contributed by atoms with Crippen LogP contribution in [0.1, 0.15) is 37.2 Å². The molecule has 2 aliphatic rings. The molecule has 116 valence electrons. The molecule has 2 heterocycles. The first-order valence-corrected chi connectivity index (χ1v) is 8.24.